The highest BCUT2D eigenvalue weighted by molar-refractivity contribution is 6.03. The molecule has 0 radical (unpaired) electrons. The Hall–Kier alpha value is -4.61. The molecule has 2 aliphatic heterocycles. The van der Waals surface area contributed by atoms with E-state index in [9.17, 15) is 9.59 Å². The first kappa shape index (κ1) is 28.5. The number of piperidine rings is 1. The van der Waals surface area contributed by atoms with Gasteiger partial charge in [-0.15, -0.1) is 0 Å². The van der Waals surface area contributed by atoms with Gasteiger partial charge in [0.25, 0.3) is 5.91 Å². The molecule has 1 aromatic carbocycles. The molecule has 3 N–H and O–H groups in total. The first-order valence-electron chi connectivity index (χ1n) is 14.7. The number of ether oxygens (including phenoxy) is 1. The van der Waals surface area contributed by atoms with Crippen molar-refractivity contribution in [2.45, 2.75) is 32.4 Å². The molecule has 11 nitrogen and oxygen atoms in total. The number of nitrogens with one attached hydrogen (secondary N) is 3. The van der Waals surface area contributed by atoms with Crippen molar-refractivity contribution in [3.63, 3.8) is 0 Å². The van der Waals surface area contributed by atoms with Crippen molar-refractivity contribution in [1.82, 2.24) is 30.2 Å². The number of aromatic amines is 1. The average molecular weight is 581 g/mol. The number of aromatic nitrogens is 4. The van der Waals surface area contributed by atoms with Crippen LogP contribution in [0.1, 0.15) is 34.5 Å². The van der Waals surface area contributed by atoms with Gasteiger partial charge in [-0.3, -0.25) is 19.5 Å². The predicted molar refractivity (Wildman–Crippen MR) is 166 cm³/mol. The molecule has 5 heterocycles. The second kappa shape index (κ2) is 12.7. The fourth-order valence-corrected chi connectivity index (χ4v) is 5.90. The van der Waals surface area contributed by atoms with E-state index in [1.165, 1.54) is 6.08 Å². The van der Waals surface area contributed by atoms with Crippen LogP contribution < -0.4 is 15.5 Å². The Morgan fingerprint density at radius 3 is 2.72 bits per heavy atom. The summed E-state index contributed by atoms with van der Waals surface area (Å²) in [6.07, 6.45) is 6.52. The van der Waals surface area contributed by atoms with Gasteiger partial charge in [0.2, 0.25) is 5.91 Å². The number of pyridine rings is 1. The number of benzene rings is 1. The first-order chi connectivity index (χ1) is 21.0. The van der Waals surface area contributed by atoms with Gasteiger partial charge in [0.05, 0.1) is 24.3 Å². The zero-order valence-corrected chi connectivity index (χ0v) is 24.3. The molecule has 6 rings (SSSR count). The standard InChI is InChI=1S/C32H36N8O3/c1-3-27(41)36-25-5-4-12-39(19-25)18-22-10-11-33-26(17-22)32(42)37-24-8-6-23(7-9-24)29-21(2)28-30(38-29)34-20-35-31(28)40-13-15-43-16-14-40/h3,6-11,17,20,25H,1,4-5,12-16,18-19H2,2H3,(H,36,41)(H,37,42)(H,34,35,38)/t25-/m1/s1. The second-order valence-electron chi connectivity index (χ2n) is 11.0. The smallest absolute Gasteiger partial charge is 0.274 e. The lowest BCUT2D eigenvalue weighted by molar-refractivity contribution is -0.117. The van der Waals surface area contributed by atoms with Gasteiger partial charge in [-0.1, -0.05) is 18.7 Å². The van der Waals surface area contributed by atoms with Crippen molar-refractivity contribution in [2.24, 2.45) is 0 Å². The summed E-state index contributed by atoms with van der Waals surface area (Å²) in [6, 6.07) is 11.6. The van der Waals surface area contributed by atoms with Gasteiger partial charge < -0.3 is 25.3 Å². The van der Waals surface area contributed by atoms with Gasteiger partial charge in [0.15, 0.2) is 0 Å². The highest BCUT2D eigenvalue weighted by atomic mass is 16.5. The maximum atomic E-state index is 13.1. The van der Waals surface area contributed by atoms with Crippen molar-refractivity contribution in [1.29, 1.82) is 0 Å². The Morgan fingerprint density at radius 2 is 1.93 bits per heavy atom. The summed E-state index contributed by atoms with van der Waals surface area (Å²) in [4.78, 5) is 46.2. The number of amides is 2. The Balaban J connectivity index is 1.12. The maximum Gasteiger partial charge on any atom is 0.274 e. The zero-order valence-electron chi connectivity index (χ0n) is 24.3. The highest BCUT2D eigenvalue weighted by Gasteiger charge is 2.22. The first-order valence-corrected chi connectivity index (χ1v) is 14.7. The number of hydrogen-bond donors (Lipinski definition) is 3. The van der Waals surface area contributed by atoms with Crippen molar-refractivity contribution >= 4 is 34.4 Å². The van der Waals surface area contributed by atoms with E-state index in [2.05, 4.69) is 53.9 Å². The van der Waals surface area contributed by atoms with Crippen LogP contribution in [0.15, 0.2) is 61.6 Å². The lowest BCUT2D eigenvalue weighted by Gasteiger charge is -2.33. The van der Waals surface area contributed by atoms with Crippen LogP contribution in [0.4, 0.5) is 11.5 Å². The Labute approximate surface area is 250 Å². The van der Waals surface area contributed by atoms with E-state index in [0.29, 0.717) is 31.1 Å². The van der Waals surface area contributed by atoms with Crippen LogP contribution in [0, 0.1) is 6.92 Å². The molecule has 0 saturated carbocycles. The molecule has 43 heavy (non-hydrogen) atoms. The van der Waals surface area contributed by atoms with Crippen molar-refractivity contribution in [3.05, 3.63) is 78.4 Å². The summed E-state index contributed by atoms with van der Waals surface area (Å²) in [7, 11) is 0. The Morgan fingerprint density at radius 1 is 1.12 bits per heavy atom. The summed E-state index contributed by atoms with van der Waals surface area (Å²) < 4.78 is 5.52. The van der Waals surface area contributed by atoms with E-state index < -0.39 is 0 Å². The molecule has 0 spiro atoms. The minimum absolute atomic E-state index is 0.0970. The van der Waals surface area contributed by atoms with E-state index in [1.807, 2.05) is 36.4 Å². The number of carbonyl (C=O) groups excluding carboxylic acids is 2. The van der Waals surface area contributed by atoms with Crippen LogP contribution in [-0.2, 0) is 16.1 Å². The number of rotatable bonds is 8. The quantitative estimate of drug-likeness (QED) is 0.269. The molecule has 2 aliphatic rings. The molecular formula is C32H36N8O3. The molecule has 1 atom stereocenters. The largest absolute Gasteiger partial charge is 0.378 e. The molecule has 3 aromatic heterocycles. The highest BCUT2D eigenvalue weighted by Crippen LogP contribution is 2.34. The van der Waals surface area contributed by atoms with E-state index >= 15 is 0 Å². The van der Waals surface area contributed by atoms with Gasteiger partial charge >= 0.3 is 0 Å². The van der Waals surface area contributed by atoms with Crippen molar-refractivity contribution < 1.29 is 14.3 Å². The van der Waals surface area contributed by atoms with Crippen LogP contribution >= 0.6 is 0 Å². The average Bonchev–Trinajstić information content (AvgIpc) is 3.38. The molecule has 11 heteroatoms. The van der Waals surface area contributed by atoms with Crippen LogP contribution in [0.3, 0.4) is 0 Å². The van der Waals surface area contributed by atoms with E-state index in [0.717, 1.165) is 78.3 Å². The minimum atomic E-state index is -0.267. The number of carbonyl (C=O) groups is 2. The molecule has 0 unspecified atom stereocenters. The zero-order chi connectivity index (χ0) is 29.8. The molecule has 2 saturated heterocycles. The summed E-state index contributed by atoms with van der Waals surface area (Å²) in [5, 5.41) is 6.98. The normalized spacial score (nSPS) is 17.5. The monoisotopic (exact) mass is 580 g/mol. The third-order valence-electron chi connectivity index (χ3n) is 8.06. The molecule has 4 aromatic rings. The topological polar surface area (TPSA) is 128 Å². The number of nitrogens with zero attached hydrogens (tertiary/aromatic N) is 5. The third-order valence-corrected chi connectivity index (χ3v) is 8.06. The van der Waals surface area contributed by atoms with Crippen LogP contribution in [-0.4, -0.2) is 82.1 Å². The van der Waals surface area contributed by atoms with Gasteiger partial charge in [0, 0.05) is 44.1 Å². The van der Waals surface area contributed by atoms with E-state index in [-0.39, 0.29) is 17.9 Å². The molecule has 0 aliphatic carbocycles. The fourth-order valence-electron chi connectivity index (χ4n) is 5.90. The number of fused-ring (bicyclic) bond motifs is 1. The van der Waals surface area contributed by atoms with Crippen LogP contribution in [0.5, 0.6) is 0 Å². The minimum Gasteiger partial charge on any atom is -0.378 e. The third kappa shape index (κ3) is 6.42. The number of anilines is 2. The van der Waals surface area contributed by atoms with Crippen molar-refractivity contribution in [2.75, 3.05) is 49.6 Å². The number of likely N-dealkylation sites (tertiary alicyclic amines) is 1. The Bertz CT molecular complexity index is 1630. The summed E-state index contributed by atoms with van der Waals surface area (Å²) in [6.45, 7) is 11.0. The number of hydrogen-bond acceptors (Lipinski definition) is 8. The molecular weight excluding hydrogens is 544 g/mol. The molecule has 0 bridgehead atoms. The predicted octanol–water partition coefficient (Wildman–Crippen LogP) is 3.68. The van der Waals surface area contributed by atoms with Gasteiger partial charge in [-0.25, -0.2) is 9.97 Å². The fraction of sp³-hybridized carbons (Fsp3) is 0.344. The van der Waals surface area contributed by atoms with Crippen LogP contribution in [0.2, 0.25) is 0 Å². The van der Waals surface area contributed by atoms with Gasteiger partial charge in [-0.2, -0.15) is 0 Å². The molecule has 2 amide bonds. The van der Waals surface area contributed by atoms with E-state index in [4.69, 9.17) is 4.74 Å². The lowest BCUT2D eigenvalue weighted by atomic mass is 10.0. The number of H-pyrrole nitrogens is 1. The van der Waals surface area contributed by atoms with Gasteiger partial charge in [0.1, 0.15) is 23.5 Å². The van der Waals surface area contributed by atoms with Crippen molar-refractivity contribution in [3.8, 4) is 11.3 Å². The summed E-state index contributed by atoms with van der Waals surface area (Å²) >= 11 is 0. The SMILES string of the molecule is C=CC(=O)N[C@@H]1CCCN(Cc2ccnc(C(=O)Nc3ccc(-c4[nH]c5ncnc(N6CCOCC6)c5c4C)cc3)c2)C1. The lowest BCUT2D eigenvalue weighted by Crippen LogP contribution is -2.46. The maximum absolute atomic E-state index is 13.1. The molecule has 222 valence electrons. The summed E-state index contributed by atoms with van der Waals surface area (Å²) in [5.41, 5.74) is 5.88. The Kier molecular flexibility index (Phi) is 8.43. The number of aryl methyl sites for hydroxylation is 1. The summed E-state index contributed by atoms with van der Waals surface area (Å²) in [5.74, 6) is 0.509. The van der Waals surface area contributed by atoms with Crippen LogP contribution in [0.25, 0.3) is 22.3 Å². The second-order valence-corrected chi connectivity index (χ2v) is 11.0. The van der Waals surface area contributed by atoms with E-state index in [1.54, 1.807) is 12.5 Å². The van der Waals surface area contributed by atoms with Gasteiger partial charge in [-0.05, 0) is 73.3 Å². The molecule has 2 fully saturated rings. The number of morpholine rings is 1.